The number of aryl methyl sites for hydroxylation is 1. The number of benzene rings is 2. The monoisotopic (exact) mass is 379 g/mol. The van der Waals surface area contributed by atoms with E-state index in [4.69, 9.17) is 4.98 Å². The molecule has 3 aromatic rings. The zero-order valence-corrected chi connectivity index (χ0v) is 16.5. The number of hydrogen-bond donors (Lipinski definition) is 1. The van der Waals surface area contributed by atoms with Gasteiger partial charge in [0.15, 0.2) is 0 Å². The molecule has 1 aliphatic rings. The van der Waals surface area contributed by atoms with E-state index >= 15 is 0 Å². The van der Waals surface area contributed by atoms with Gasteiger partial charge in [-0.2, -0.15) is 0 Å². The molecule has 0 unspecified atom stereocenters. The predicted octanol–water partition coefficient (Wildman–Crippen LogP) is 4.10. The number of amides is 1. The normalized spacial score (nSPS) is 17.4. The Hall–Kier alpha value is -2.24. The maximum absolute atomic E-state index is 12.5. The highest BCUT2D eigenvalue weighted by molar-refractivity contribution is 7.18. The summed E-state index contributed by atoms with van der Waals surface area (Å²) < 4.78 is 1.22. The van der Waals surface area contributed by atoms with Gasteiger partial charge in [-0.15, -0.1) is 11.3 Å². The molecule has 5 heteroatoms. The average Bonchev–Trinajstić information content (AvgIpc) is 3.29. The van der Waals surface area contributed by atoms with E-state index in [1.807, 2.05) is 12.1 Å². The minimum Gasteiger partial charge on any atom is -0.355 e. The predicted molar refractivity (Wildman–Crippen MR) is 111 cm³/mol. The fourth-order valence-electron chi connectivity index (χ4n) is 3.80. The Kier molecular flexibility index (Phi) is 5.50. The smallest absolute Gasteiger partial charge is 0.234 e. The maximum Gasteiger partial charge on any atom is 0.234 e. The molecule has 4 nitrogen and oxygen atoms in total. The fourth-order valence-corrected chi connectivity index (χ4v) is 4.93. The van der Waals surface area contributed by atoms with Crippen LogP contribution in [0.4, 0.5) is 0 Å². The molecule has 2 heterocycles. The second-order valence-electron chi connectivity index (χ2n) is 7.17. The van der Waals surface area contributed by atoms with Crippen LogP contribution in [-0.4, -0.2) is 35.4 Å². The average molecular weight is 380 g/mol. The van der Waals surface area contributed by atoms with Crippen molar-refractivity contribution in [1.29, 1.82) is 0 Å². The Morgan fingerprint density at radius 2 is 2.04 bits per heavy atom. The van der Waals surface area contributed by atoms with E-state index in [0.29, 0.717) is 13.1 Å². The highest BCUT2D eigenvalue weighted by Crippen LogP contribution is 2.36. The van der Waals surface area contributed by atoms with Gasteiger partial charge in [0.25, 0.3) is 0 Å². The van der Waals surface area contributed by atoms with E-state index in [2.05, 4.69) is 53.5 Å². The van der Waals surface area contributed by atoms with Crippen molar-refractivity contribution in [3.8, 4) is 0 Å². The van der Waals surface area contributed by atoms with Crippen LogP contribution in [0.25, 0.3) is 10.2 Å². The fraction of sp³-hybridized carbons (Fsp3) is 0.364. The molecule has 0 aliphatic carbocycles. The molecule has 1 N–H and O–H groups in total. The van der Waals surface area contributed by atoms with Crippen LogP contribution in [0.1, 0.15) is 35.0 Å². The first-order valence-corrected chi connectivity index (χ1v) is 10.4. The Balaban J connectivity index is 1.34. The van der Waals surface area contributed by atoms with E-state index in [9.17, 15) is 4.79 Å². The van der Waals surface area contributed by atoms with Crippen LogP contribution in [0.3, 0.4) is 0 Å². The van der Waals surface area contributed by atoms with Crippen molar-refractivity contribution in [1.82, 2.24) is 15.2 Å². The van der Waals surface area contributed by atoms with Crippen molar-refractivity contribution < 1.29 is 4.79 Å². The van der Waals surface area contributed by atoms with Crippen LogP contribution in [0.15, 0.2) is 48.5 Å². The number of carbonyl (C=O) groups excluding carboxylic acids is 1. The number of nitrogens with zero attached hydrogens (tertiary/aromatic N) is 2. The molecule has 0 spiro atoms. The lowest BCUT2D eigenvalue weighted by Gasteiger charge is -2.22. The second kappa shape index (κ2) is 8.19. The number of hydrogen-bond acceptors (Lipinski definition) is 4. The number of nitrogens with one attached hydrogen (secondary N) is 1. The highest BCUT2D eigenvalue weighted by Gasteiger charge is 2.29. The summed E-state index contributed by atoms with van der Waals surface area (Å²) in [6.45, 7) is 4.22. The van der Waals surface area contributed by atoms with Crippen LogP contribution in [0.2, 0.25) is 0 Å². The molecule has 1 saturated heterocycles. The van der Waals surface area contributed by atoms with Gasteiger partial charge in [-0.05, 0) is 56.0 Å². The third-order valence-electron chi connectivity index (χ3n) is 5.28. The standard InChI is InChI=1S/C22H25N3OS/c1-16-7-2-3-8-17(16)12-13-23-21(26)15-25-14-6-10-19(25)22-24-18-9-4-5-11-20(18)27-22/h2-5,7-9,11,19H,6,10,12-15H2,1H3,(H,23,26)/t19-/m0/s1. The topological polar surface area (TPSA) is 45.2 Å². The minimum absolute atomic E-state index is 0.108. The van der Waals surface area contributed by atoms with Crippen molar-refractivity contribution in [3.63, 3.8) is 0 Å². The Morgan fingerprint density at radius 3 is 2.89 bits per heavy atom. The van der Waals surface area contributed by atoms with Crippen molar-refractivity contribution in [2.45, 2.75) is 32.2 Å². The summed E-state index contributed by atoms with van der Waals surface area (Å²) in [4.78, 5) is 19.5. The molecule has 27 heavy (non-hydrogen) atoms. The SMILES string of the molecule is Cc1ccccc1CCNC(=O)CN1CCC[C@H]1c1nc2ccccc2s1. The van der Waals surface area contributed by atoms with Gasteiger partial charge in [-0.3, -0.25) is 9.69 Å². The van der Waals surface area contributed by atoms with Crippen molar-refractivity contribution in [2.24, 2.45) is 0 Å². The summed E-state index contributed by atoms with van der Waals surface area (Å²) in [6, 6.07) is 16.9. The molecule has 1 atom stereocenters. The summed E-state index contributed by atoms with van der Waals surface area (Å²) in [5, 5.41) is 4.23. The summed E-state index contributed by atoms with van der Waals surface area (Å²) >= 11 is 1.76. The van der Waals surface area contributed by atoms with Crippen LogP contribution in [0, 0.1) is 6.92 Å². The van der Waals surface area contributed by atoms with Crippen LogP contribution in [-0.2, 0) is 11.2 Å². The lowest BCUT2D eigenvalue weighted by molar-refractivity contribution is -0.122. The summed E-state index contributed by atoms with van der Waals surface area (Å²) in [5.74, 6) is 0.108. The molecule has 4 rings (SSSR count). The second-order valence-corrected chi connectivity index (χ2v) is 8.24. The Morgan fingerprint density at radius 1 is 1.22 bits per heavy atom. The summed E-state index contributed by atoms with van der Waals surface area (Å²) in [5.41, 5.74) is 3.64. The van der Waals surface area contributed by atoms with E-state index in [1.54, 1.807) is 11.3 Å². The number of likely N-dealkylation sites (tertiary alicyclic amines) is 1. The molecule has 1 amide bonds. The molecule has 0 bridgehead atoms. The van der Waals surface area contributed by atoms with Crippen LogP contribution < -0.4 is 5.32 Å². The molecule has 140 valence electrons. The van der Waals surface area contributed by atoms with E-state index in [1.165, 1.54) is 15.8 Å². The lowest BCUT2D eigenvalue weighted by Crippen LogP contribution is -2.37. The highest BCUT2D eigenvalue weighted by atomic mass is 32.1. The van der Waals surface area contributed by atoms with Crippen LogP contribution in [0.5, 0.6) is 0 Å². The Bertz CT molecular complexity index is 903. The molecule has 1 aromatic heterocycles. The number of fused-ring (bicyclic) bond motifs is 1. The minimum atomic E-state index is 0.108. The molecule has 1 fully saturated rings. The van der Waals surface area contributed by atoms with Gasteiger partial charge >= 0.3 is 0 Å². The molecular formula is C22H25N3OS. The maximum atomic E-state index is 12.5. The number of carbonyl (C=O) groups is 1. The number of thiazole rings is 1. The van der Waals surface area contributed by atoms with E-state index in [-0.39, 0.29) is 11.9 Å². The first-order chi connectivity index (χ1) is 13.2. The molecule has 0 radical (unpaired) electrons. The number of rotatable bonds is 6. The zero-order valence-electron chi connectivity index (χ0n) is 15.6. The molecule has 0 saturated carbocycles. The van der Waals surface area contributed by atoms with Crippen molar-refractivity contribution in [3.05, 3.63) is 64.7 Å². The van der Waals surface area contributed by atoms with Gasteiger partial charge < -0.3 is 5.32 Å². The van der Waals surface area contributed by atoms with E-state index in [0.717, 1.165) is 36.3 Å². The third kappa shape index (κ3) is 4.20. The van der Waals surface area contributed by atoms with Gasteiger partial charge in [0, 0.05) is 6.54 Å². The summed E-state index contributed by atoms with van der Waals surface area (Å²) in [7, 11) is 0. The number of para-hydroxylation sites is 1. The quantitative estimate of drug-likeness (QED) is 0.701. The van der Waals surface area contributed by atoms with E-state index < -0.39 is 0 Å². The summed E-state index contributed by atoms with van der Waals surface area (Å²) in [6.07, 6.45) is 3.08. The van der Waals surface area contributed by atoms with Crippen molar-refractivity contribution in [2.75, 3.05) is 19.6 Å². The zero-order chi connectivity index (χ0) is 18.6. The number of aromatic nitrogens is 1. The first-order valence-electron chi connectivity index (χ1n) is 9.61. The van der Waals surface area contributed by atoms with Gasteiger partial charge in [0.05, 0.1) is 22.8 Å². The van der Waals surface area contributed by atoms with Gasteiger partial charge in [0.2, 0.25) is 5.91 Å². The lowest BCUT2D eigenvalue weighted by atomic mass is 10.1. The first kappa shape index (κ1) is 18.1. The van der Waals surface area contributed by atoms with Crippen LogP contribution >= 0.6 is 11.3 Å². The van der Waals surface area contributed by atoms with Gasteiger partial charge in [-0.25, -0.2) is 4.98 Å². The van der Waals surface area contributed by atoms with Gasteiger partial charge in [0.1, 0.15) is 5.01 Å². The van der Waals surface area contributed by atoms with Crippen molar-refractivity contribution >= 4 is 27.5 Å². The Labute approximate surface area is 164 Å². The molecular weight excluding hydrogens is 354 g/mol. The largest absolute Gasteiger partial charge is 0.355 e. The third-order valence-corrected chi connectivity index (χ3v) is 6.42. The molecule has 1 aliphatic heterocycles. The molecule has 2 aromatic carbocycles. The van der Waals surface area contributed by atoms with Gasteiger partial charge in [-0.1, -0.05) is 36.4 Å².